The number of H-pyrrole nitrogens is 1. The van der Waals surface area contributed by atoms with Gasteiger partial charge in [-0.2, -0.15) is 5.10 Å². The van der Waals surface area contributed by atoms with Crippen LogP contribution in [-0.2, 0) is 29.0 Å². The largest absolute Gasteiger partial charge is 0.479 e. The average molecular weight is 560 g/mol. The molecule has 0 saturated carbocycles. The van der Waals surface area contributed by atoms with Crippen LogP contribution in [0.3, 0.4) is 0 Å². The molecule has 0 spiro atoms. The number of carboxylic acids is 1. The van der Waals surface area contributed by atoms with E-state index in [0.29, 0.717) is 5.56 Å². The van der Waals surface area contributed by atoms with E-state index in [1.54, 1.807) is 6.20 Å². The highest BCUT2D eigenvalue weighted by atomic mass is 16.5. The molecule has 1 atom stereocenters. The highest BCUT2D eigenvalue weighted by Crippen LogP contribution is 2.45. The lowest BCUT2D eigenvalue weighted by Crippen LogP contribution is -2.39. The van der Waals surface area contributed by atoms with Crippen molar-refractivity contribution < 1.29 is 14.6 Å². The number of pyridine rings is 1. The summed E-state index contributed by atoms with van der Waals surface area (Å²) >= 11 is 0. The molecular weight excluding hydrogens is 514 g/mol. The number of carboxylic acid groups (broad SMARTS) is 1. The zero-order chi connectivity index (χ0) is 29.5. The van der Waals surface area contributed by atoms with E-state index in [0.717, 1.165) is 85.9 Å². The molecule has 41 heavy (non-hydrogen) atoms. The van der Waals surface area contributed by atoms with Crippen LogP contribution < -0.4 is 4.90 Å². The summed E-state index contributed by atoms with van der Waals surface area (Å²) in [7, 11) is 0. The molecule has 1 aromatic carbocycles. The zero-order valence-electron chi connectivity index (χ0n) is 25.7. The molecule has 0 radical (unpaired) electrons. The number of aryl methyl sites for hydroxylation is 2. The minimum absolute atomic E-state index is 0.260. The summed E-state index contributed by atoms with van der Waals surface area (Å²) in [4.78, 5) is 22.5. The summed E-state index contributed by atoms with van der Waals surface area (Å²) in [5.74, 6) is -0.985. The number of hydrogen-bond donors (Lipinski definition) is 2. The number of ether oxygens (including phenoxy) is 1. The molecule has 8 nitrogen and oxygen atoms in total. The Labute approximate surface area is 244 Å². The molecule has 1 fully saturated rings. The summed E-state index contributed by atoms with van der Waals surface area (Å²) in [6, 6.07) is 8.77. The number of piperidine rings is 1. The van der Waals surface area contributed by atoms with Crippen molar-refractivity contribution >= 4 is 11.7 Å². The third-order valence-electron chi connectivity index (χ3n) is 8.51. The molecule has 1 saturated heterocycles. The molecule has 8 heteroatoms. The number of nitrogens with zero attached hydrogens (tertiary/aromatic N) is 4. The monoisotopic (exact) mass is 559 g/mol. The zero-order valence-corrected chi connectivity index (χ0v) is 25.7. The molecule has 0 unspecified atom stereocenters. The lowest BCUT2D eigenvalue weighted by atomic mass is 9.81. The van der Waals surface area contributed by atoms with Gasteiger partial charge in [-0.05, 0) is 82.1 Å². The minimum Gasteiger partial charge on any atom is -0.479 e. The van der Waals surface area contributed by atoms with Gasteiger partial charge in [0.15, 0.2) is 6.10 Å². The maximum Gasteiger partial charge on any atom is 0.337 e. The van der Waals surface area contributed by atoms with E-state index in [1.807, 2.05) is 33.8 Å². The Morgan fingerprint density at radius 3 is 2.46 bits per heavy atom. The van der Waals surface area contributed by atoms with Gasteiger partial charge in [-0.25, -0.2) is 4.79 Å². The van der Waals surface area contributed by atoms with Crippen molar-refractivity contribution in [1.29, 1.82) is 0 Å². The van der Waals surface area contributed by atoms with Gasteiger partial charge in [0.2, 0.25) is 0 Å². The Morgan fingerprint density at radius 2 is 1.83 bits per heavy atom. The molecule has 220 valence electrons. The number of fused-ring (bicyclic) bond motifs is 1. The van der Waals surface area contributed by atoms with Crippen molar-refractivity contribution in [2.24, 2.45) is 5.41 Å². The highest BCUT2D eigenvalue weighted by Gasteiger charge is 2.36. The van der Waals surface area contributed by atoms with E-state index < -0.39 is 17.7 Å². The van der Waals surface area contributed by atoms with Gasteiger partial charge in [0.1, 0.15) is 0 Å². The van der Waals surface area contributed by atoms with Crippen LogP contribution in [0.1, 0.15) is 87.3 Å². The van der Waals surface area contributed by atoms with E-state index >= 15 is 0 Å². The van der Waals surface area contributed by atoms with Crippen molar-refractivity contribution in [3.63, 3.8) is 0 Å². The second-order valence-corrected chi connectivity index (χ2v) is 13.5. The molecular formula is C33H45N5O3. The van der Waals surface area contributed by atoms with Crippen molar-refractivity contribution in [1.82, 2.24) is 20.1 Å². The normalized spacial score (nSPS) is 18.3. The average Bonchev–Trinajstić information content (AvgIpc) is 3.39. The third-order valence-corrected chi connectivity index (χ3v) is 8.51. The second-order valence-electron chi connectivity index (χ2n) is 13.5. The van der Waals surface area contributed by atoms with Crippen molar-refractivity contribution in [3.8, 4) is 11.1 Å². The van der Waals surface area contributed by atoms with Gasteiger partial charge in [0.25, 0.3) is 0 Å². The summed E-state index contributed by atoms with van der Waals surface area (Å²) < 4.78 is 6.24. The number of hydrogen-bond acceptors (Lipinski definition) is 6. The van der Waals surface area contributed by atoms with Gasteiger partial charge in [0.05, 0.1) is 11.3 Å². The Hall–Kier alpha value is -3.23. The molecule has 0 amide bonds. The third kappa shape index (κ3) is 6.49. The number of aromatic nitrogens is 3. The lowest BCUT2D eigenvalue weighted by molar-refractivity contribution is -0.160. The first-order valence-electron chi connectivity index (χ1n) is 14.8. The first-order valence-corrected chi connectivity index (χ1v) is 14.8. The van der Waals surface area contributed by atoms with E-state index in [-0.39, 0.29) is 5.41 Å². The fourth-order valence-electron chi connectivity index (χ4n) is 6.27. The molecule has 2 N–H and O–H groups in total. The topological polar surface area (TPSA) is 94.6 Å². The second kappa shape index (κ2) is 11.2. The number of benzene rings is 1. The van der Waals surface area contributed by atoms with Crippen LogP contribution >= 0.6 is 0 Å². The van der Waals surface area contributed by atoms with Crippen molar-refractivity contribution in [2.45, 2.75) is 92.5 Å². The molecule has 4 heterocycles. The summed E-state index contributed by atoms with van der Waals surface area (Å²) in [5, 5.41) is 17.6. The maximum atomic E-state index is 12.8. The maximum absolute atomic E-state index is 12.8. The Kier molecular flexibility index (Phi) is 8.01. The quantitative estimate of drug-likeness (QED) is 0.355. The van der Waals surface area contributed by atoms with Gasteiger partial charge in [-0.15, -0.1) is 0 Å². The van der Waals surface area contributed by atoms with Crippen LogP contribution in [0.5, 0.6) is 0 Å². The molecule has 0 bridgehead atoms. The Balaban J connectivity index is 1.60. The first kappa shape index (κ1) is 29.3. The summed E-state index contributed by atoms with van der Waals surface area (Å²) in [6.45, 7) is 18.8. The smallest absolute Gasteiger partial charge is 0.337 e. The fourth-order valence-corrected chi connectivity index (χ4v) is 6.27. The summed E-state index contributed by atoms with van der Waals surface area (Å²) in [5.41, 5.74) is 8.83. The molecule has 3 aromatic rings. The molecule has 2 aliphatic heterocycles. The highest BCUT2D eigenvalue weighted by molar-refractivity contribution is 5.88. The summed E-state index contributed by atoms with van der Waals surface area (Å²) in [6.07, 6.45) is 3.73. The molecule has 2 aliphatic rings. The molecule has 5 rings (SSSR count). The SMILES string of the molecule is Cc1nc(C)c([C@H](OC(C)(C)C)C(=O)O)c(N2CCC(C)(C)CC2)c1-c1ccc2c(c1)CCN(Cc1ccn[nH]1)C2. The van der Waals surface area contributed by atoms with Crippen LogP contribution in [0, 0.1) is 19.3 Å². The number of carbonyl (C=O) groups is 1. The number of aliphatic carboxylic acids is 1. The number of rotatable bonds is 7. The van der Waals surface area contributed by atoms with Crippen LogP contribution in [-0.4, -0.2) is 56.4 Å². The van der Waals surface area contributed by atoms with Crippen LogP contribution in [0.2, 0.25) is 0 Å². The van der Waals surface area contributed by atoms with E-state index in [2.05, 4.69) is 59.0 Å². The Morgan fingerprint density at radius 1 is 1.10 bits per heavy atom. The van der Waals surface area contributed by atoms with Gasteiger partial charge in [-0.3, -0.25) is 15.0 Å². The first-order chi connectivity index (χ1) is 19.3. The van der Waals surface area contributed by atoms with E-state index in [1.165, 1.54) is 11.1 Å². The van der Waals surface area contributed by atoms with E-state index in [9.17, 15) is 9.90 Å². The standard InChI is InChI=1S/C33H45N5O3/c1-21-27(24-8-9-25-19-37(15-11-23(25)18-24)20-26-10-14-34-36-26)29(38-16-12-33(6,7)13-17-38)28(22(2)35-21)30(31(39)40)41-32(3,4)5/h8-10,14,18,30H,11-13,15-17,19-20H2,1-7H3,(H,34,36)(H,39,40)/t30-/m0/s1. The van der Waals surface area contributed by atoms with Gasteiger partial charge < -0.3 is 14.7 Å². The number of anilines is 1. The predicted molar refractivity (Wildman–Crippen MR) is 162 cm³/mol. The molecule has 0 aliphatic carbocycles. The van der Waals surface area contributed by atoms with Gasteiger partial charge in [-0.1, -0.05) is 32.0 Å². The minimum atomic E-state index is -1.11. The van der Waals surface area contributed by atoms with Crippen molar-refractivity contribution in [3.05, 3.63) is 64.2 Å². The number of nitrogens with one attached hydrogen (secondary N) is 1. The van der Waals surface area contributed by atoms with Crippen LogP contribution in [0.15, 0.2) is 30.5 Å². The van der Waals surface area contributed by atoms with Crippen molar-refractivity contribution in [2.75, 3.05) is 24.5 Å². The van der Waals surface area contributed by atoms with Gasteiger partial charge >= 0.3 is 5.97 Å². The van der Waals surface area contributed by atoms with Crippen LogP contribution in [0.25, 0.3) is 11.1 Å². The van der Waals surface area contributed by atoms with Gasteiger partial charge in [0, 0.05) is 67.1 Å². The van der Waals surface area contributed by atoms with Crippen LogP contribution in [0.4, 0.5) is 5.69 Å². The predicted octanol–water partition coefficient (Wildman–Crippen LogP) is 6.21. The molecule has 2 aromatic heterocycles. The number of aromatic amines is 1. The lowest BCUT2D eigenvalue weighted by Gasteiger charge is -2.41. The van der Waals surface area contributed by atoms with E-state index in [4.69, 9.17) is 9.72 Å². The Bertz CT molecular complexity index is 1400. The fraction of sp³-hybridized carbons (Fsp3) is 0.545.